The molecule has 4 N–H and O–H groups in total. The van der Waals surface area contributed by atoms with Gasteiger partial charge in [0.1, 0.15) is 24.0 Å². The lowest BCUT2D eigenvalue weighted by Crippen LogP contribution is -2.37. The van der Waals surface area contributed by atoms with Crippen LogP contribution < -0.4 is 15.4 Å². The number of benzene rings is 2. The van der Waals surface area contributed by atoms with Gasteiger partial charge in [0.2, 0.25) is 5.91 Å². The summed E-state index contributed by atoms with van der Waals surface area (Å²) in [4.78, 5) is 23.1. The average molecular weight is 386 g/mol. The number of carbonyl (C=O) groups excluding carboxylic acids is 1. The third kappa shape index (κ3) is 7.02. The van der Waals surface area contributed by atoms with Crippen LogP contribution in [0.15, 0.2) is 48.5 Å². The Hall–Kier alpha value is -2.90. The third-order valence-corrected chi connectivity index (χ3v) is 4.07. The zero-order valence-corrected chi connectivity index (χ0v) is 15.9. The maximum absolute atomic E-state index is 11.8. The van der Waals surface area contributed by atoms with E-state index in [1.807, 2.05) is 30.3 Å². The lowest BCUT2D eigenvalue weighted by Gasteiger charge is -2.16. The molecule has 150 valence electrons. The summed E-state index contributed by atoms with van der Waals surface area (Å²) in [5.74, 6) is -0.864. The van der Waals surface area contributed by atoms with Crippen LogP contribution in [0.2, 0.25) is 0 Å². The van der Waals surface area contributed by atoms with Gasteiger partial charge in [-0.2, -0.15) is 0 Å². The summed E-state index contributed by atoms with van der Waals surface area (Å²) in [6.45, 7) is 2.94. The number of aromatic carboxylic acids is 1. The molecule has 0 aliphatic heterocycles. The number of aliphatic hydroxyl groups is 1. The normalized spacial score (nSPS) is 11.6. The number of aliphatic hydroxyl groups excluding tert-OH is 1. The number of ether oxygens (including phenoxy) is 1. The molecular weight excluding hydrogens is 360 g/mol. The molecule has 0 radical (unpaired) electrons. The van der Waals surface area contributed by atoms with Crippen LogP contribution in [0.4, 0.5) is 0 Å². The van der Waals surface area contributed by atoms with Gasteiger partial charge in [-0.1, -0.05) is 42.5 Å². The summed E-state index contributed by atoms with van der Waals surface area (Å²) < 4.78 is 5.51. The zero-order valence-electron chi connectivity index (χ0n) is 15.9. The number of hydrogen-bond donors (Lipinski definition) is 4. The first-order valence-corrected chi connectivity index (χ1v) is 9.12. The minimum Gasteiger partial charge on any atom is -0.490 e. The van der Waals surface area contributed by atoms with Crippen molar-refractivity contribution in [2.75, 3.05) is 26.2 Å². The molecule has 1 atom stereocenters. The van der Waals surface area contributed by atoms with Crippen LogP contribution in [-0.4, -0.2) is 54.4 Å². The minimum atomic E-state index is -1.07. The van der Waals surface area contributed by atoms with E-state index in [2.05, 4.69) is 10.6 Å². The Kier molecular flexibility index (Phi) is 8.45. The first-order chi connectivity index (χ1) is 13.5. The smallest absolute Gasteiger partial charge is 0.339 e. The fourth-order valence-corrected chi connectivity index (χ4v) is 2.65. The van der Waals surface area contributed by atoms with E-state index in [1.54, 1.807) is 19.1 Å². The molecule has 0 spiro atoms. The fourth-order valence-electron chi connectivity index (χ4n) is 2.65. The number of hydrogen-bond acceptors (Lipinski definition) is 5. The molecule has 1 amide bonds. The molecule has 1 unspecified atom stereocenters. The van der Waals surface area contributed by atoms with Gasteiger partial charge < -0.3 is 25.6 Å². The quantitative estimate of drug-likeness (QED) is 0.435. The molecule has 0 aliphatic rings. The Labute approximate surface area is 164 Å². The standard InChI is InChI=1S/C21H26N2O5/c1-15-6-5-9-18(21(26)27)20(15)28-14-17(24)13-22-10-11-23-19(25)12-16-7-3-2-4-8-16/h2-9,17,22,24H,10-14H2,1H3,(H,23,25)(H,26,27). The van der Waals surface area contributed by atoms with Gasteiger partial charge >= 0.3 is 5.97 Å². The molecule has 2 aromatic carbocycles. The van der Waals surface area contributed by atoms with E-state index in [1.165, 1.54) is 6.07 Å². The van der Waals surface area contributed by atoms with Crippen LogP contribution >= 0.6 is 0 Å². The van der Waals surface area contributed by atoms with E-state index >= 15 is 0 Å². The van der Waals surface area contributed by atoms with Crippen molar-refractivity contribution >= 4 is 11.9 Å². The van der Waals surface area contributed by atoms with Gasteiger partial charge in [0.25, 0.3) is 0 Å². The number of nitrogens with one attached hydrogen (secondary N) is 2. The largest absolute Gasteiger partial charge is 0.490 e. The van der Waals surface area contributed by atoms with Gasteiger partial charge in [0.05, 0.1) is 6.42 Å². The van der Waals surface area contributed by atoms with Gasteiger partial charge in [0.15, 0.2) is 0 Å². The summed E-state index contributed by atoms with van der Waals surface area (Å²) in [6, 6.07) is 14.4. The molecule has 0 aliphatic carbocycles. The van der Waals surface area contributed by atoms with Crippen molar-refractivity contribution in [1.82, 2.24) is 10.6 Å². The second-order valence-electron chi connectivity index (χ2n) is 6.44. The van der Waals surface area contributed by atoms with Crippen molar-refractivity contribution < 1.29 is 24.5 Å². The second kappa shape index (κ2) is 11.1. The topological polar surface area (TPSA) is 108 Å². The van der Waals surface area contributed by atoms with Gasteiger partial charge in [-0.25, -0.2) is 4.79 Å². The minimum absolute atomic E-state index is 0.0293. The van der Waals surface area contributed by atoms with Crippen molar-refractivity contribution in [1.29, 1.82) is 0 Å². The predicted molar refractivity (Wildman–Crippen MR) is 106 cm³/mol. The van der Waals surface area contributed by atoms with E-state index in [-0.39, 0.29) is 30.4 Å². The number of carboxylic acids is 1. The van der Waals surface area contributed by atoms with Crippen LogP contribution in [0, 0.1) is 6.92 Å². The SMILES string of the molecule is Cc1cccc(C(=O)O)c1OCC(O)CNCCNC(=O)Cc1ccccc1. The zero-order chi connectivity index (χ0) is 20.4. The second-order valence-corrected chi connectivity index (χ2v) is 6.44. The summed E-state index contributed by atoms with van der Waals surface area (Å²) in [5.41, 5.74) is 1.72. The highest BCUT2D eigenvalue weighted by atomic mass is 16.5. The molecule has 0 saturated heterocycles. The lowest BCUT2D eigenvalue weighted by atomic mass is 10.1. The first-order valence-electron chi connectivity index (χ1n) is 9.12. The van der Waals surface area contributed by atoms with E-state index in [9.17, 15) is 19.8 Å². The van der Waals surface area contributed by atoms with Crippen molar-refractivity contribution in [3.05, 3.63) is 65.2 Å². The molecule has 28 heavy (non-hydrogen) atoms. The summed E-state index contributed by atoms with van der Waals surface area (Å²) in [5, 5.41) is 25.1. The van der Waals surface area contributed by atoms with E-state index in [0.717, 1.165) is 5.56 Å². The Balaban J connectivity index is 1.64. The highest BCUT2D eigenvalue weighted by Gasteiger charge is 2.15. The van der Waals surface area contributed by atoms with Crippen LogP contribution in [-0.2, 0) is 11.2 Å². The summed E-state index contributed by atoms with van der Waals surface area (Å²) in [7, 11) is 0. The molecular formula is C21H26N2O5. The number of carbonyl (C=O) groups is 2. The Morgan fingerprint density at radius 1 is 1.07 bits per heavy atom. The molecule has 0 heterocycles. The van der Waals surface area contributed by atoms with Crippen molar-refractivity contribution in [3.8, 4) is 5.75 Å². The van der Waals surface area contributed by atoms with Gasteiger partial charge in [-0.05, 0) is 24.1 Å². The van der Waals surface area contributed by atoms with E-state index < -0.39 is 12.1 Å². The van der Waals surface area contributed by atoms with Gasteiger partial charge in [-0.3, -0.25) is 4.79 Å². The third-order valence-electron chi connectivity index (χ3n) is 4.07. The fraction of sp³-hybridized carbons (Fsp3) is 0.333. The molecule has 7 heteroatoms. The highest BCUT2D eigenvalue weighted by molar-refractivity contribution is 5.91. The molecule has 0 bridgehead atoms. The maximum atomic E-state index is 11.8. The molecule has 2 aromatic rings. The highest BCUT2D eigenvalue weighted by Crippen LogP contribution is 2.23. The van der Waals surface area contributed by atoms with Crippen molar-refractivity contribution in [2.24, 2.45) is 0 Å². The number of amides is 1. The van der Waals surface area contributed by atoms with E-state index in [0.29, 0.717) is 25.1 Å². The predicted octanol–water partition coefficient (Wildman–Crippen LogP) is 1.38. The van der Waals surface area contributed by atoms with Crippen LogP contribution in [0.3, 0.4) is 0 Å². The van der Waals surface area contributed by atoms with Crippen LogP contribution in [0.1, 0.15) is 21.5 Å². The number of carboxylic acid groups (broad SMARTS) is 1. The van der Waals surface area contributed by atoms with Gasteiger partial charge in [0, 0.05) is 19.6 Å². The maximum Gasteiger partial charge on any atom is 0.339 e. The number of aryl methyl sites for hydroxylation is 1. The molecule has 0 fully saturated rings. The molecule has 0 saturated carbocycles. The molecule has 0 aromatic heterocycles. The number of para-hydroxylation sites is 1. The molecule has 2 rings (SSSR count). The summed E-state index contributed by atoms with van der Waals surface area (Å²) >= 11 is 0. The average Bonchev–Trinajstić information content (AvgIpc) is 2.67. The van der Waals surface area contributed by atoms with Crippen LogP contribution in [0.5, 0.6) is 5.75 Å². The number of rotatable bonds is 11. The van der Waals surface area contributed by atoms with Crippen LogP contribution in [0.25, 0.3) is 0 Å². The van der Waals surface area contributed by atoms with Gasteiger partial charge in [-0.15, -0.1) is 0 Å². The first kappa shape index (κ1) is 21.4. The van der Waals surface area contributed by atoms with Crippen molar-refractivity contribution in [2.45, 2.75) is 19.4 Å². The lowest BCUT2D eigenvalue weighted by molar-refractivity contribution is -0.120. The Bertz CT molecular complexity index is 780. The monoisotopic (exact) mass is 386 g/mol. The van der Waals surface area contributed by atoms with Crippen molar-refractivity contribution in [3.63, 3.8) is 0 Å². The molecule has 7 nitrogen and oxygen atoms in total. The Morgan fingerprint density at radius 2 is 1.82 bits per heavy atom. The van der Waals surface area contributed by atoms with E-state index in [4.69, 9.17) is 4.74 Å². The Morgan fingerprint density at radius 3 is 2.54 bits per heavy atom. The summed E-state index contributed by atoms with van der Waals surface area (Å²) in [6.07, 6.45) is -0.471.